The van der Waals surface area contributed by atoms with Gasteiger partial charge in [0.2, 0.25) is 0 Å². The van der Waals surface area contributed by atoms with Crippen LogP contribution in [0.3, 0.4) is 0 Å². The number of pyridine rings is 1. The van der Waals surface area contributed by atoms with Crippen LogP contribution in [0.5, 0.6) is 0 Å². The second-order valence-electron chi connectivity index (χ2n) is 6.55. The van der Waals surface area contributed by atoms with E-state index in [9.17, 15) is 9.59 Å². The maximum absolute atomic E-state index is 12.6. The summed E-state index contributed by atoms with van der Waals surface area (Å²) in [5.41, 5.74) is 4.68. The molecule has 4 aromatic rings. The van der Waals surface area contributed by atoms with Crippen LogP contribution in [0, 0.1) is 0 Å². The summed E-state index contributed by atoms with van der Waals surface area (Å²) in [6, 6.07) is 24.4. The van der Waals surface area contributed by atoms with E-state index in [4.69, 9.17) is 0 Å². The lowest BCUT2D eigenvalue weighted by atomic mass is 10.0. The molecule has 0 atom stereocenters. The van der Waals surface area contributed by atoms with Crippen molar-refractivity contribution in [2.75, 3.05) is 5.32 Å². The van der Waals surface area contributed by atoms with Gasteiger partial charge >= 0.3 is 0 Å². The normalized spacial score (nSPS) is 10.6. The molecule has 0 unspecified atom stereocenters. The van der Waals surface area contributed by atoms with E-state index in [2.05, 4.69) is 10.3 Å². The standard InChI is InChI=1S/C24H18N2O2/c1-16(27)17-7-9-18(10-8-17)19-11-13-21(14-12-19)24(28)26-22-6-2-4-20-5-3-15-25-23(20)22/h2-15H,1H3,(H,26,28). The minimum Gasteiger partial charge on any atom is -0.320 e. The van der Waals surface area contributed by atoms with Crippen LogP contribution in [0.4, 0.5) is 5.69 Å². The molecule has 0 aliphatic rings. The summed E-state index contributed by atoms with van der Waals surface area (Å²) in [6.45, 7) is 1.55. The zero-order valence-corrected chi connectivity index (χ0v) is 15.3. The summed E-state index contributed by atoms with van der Waals surface area (Å²) in [7, 11) is 0. The van der Waals surface area contributed by atoms with Crippen LogP contribution in [0.15, 0.2) is 85.1 Å². The Kier molecular flexibility index (Phi) is 4.68. The summed E-state index contributed by atoms with van der Waals surface area (Å²) in [5, 5.41) is 3.92. The third kappa shape index (κ3) is 3.53. The van der Waals surface area contributed by atoms with Gasteiger partial charge in [0, 0.05) is 22.7 Å². The van der Waals surface area contributed by atoms with Crippen LogP contribution in [0.2, 0.25) is 0 Å². The molecule has 4 heteroatoms. The van der Waals surface area contributed by atoms with E-state index >= 15 is 0 Å². The van der Waals surface area contributed by atoms with E-state index in [1.54, 1.807) is 25.3 Å². The van der Waals surface area contributed by atoms with E-state index in [0.717, 1.165) is 22.0 Å². The molecule has 1 N–H and O–H groups in total. The number of benzene rings is 3. The molecule has 0 saturated carbocycles. The van der Waals surface area contributed by atoms with E-state index in [0.29, 0.717) is 16.8 Å². The lowest BCUT2D eigenvalue weighted by molar-refractivity contribution is 0.101. The molecule has 28 heavy (non-hydrogen) atoms. The smallest absolute Gasteiger partial charge is 0.255 e. The van der Waals surface area contributed by atoms with Crippen molar-refractivity contribution in [1.29, 1.82) is 0 Å². The fourth-order valence-electron chi connectivity index (χ4n) is 3.11. The van der Waals surface area contributed by atoms with E-state index in [1.165, 1.54) is 0 Å². The second-order valence-corrected chi connectivity index (χ2v) is 6.55. The number of nitrogens with zero attached hydrogens (tertiary/aromatic N) is 1. The van der Waals surface area contributed by atoms with Crippen molar-refractivity contribution < 1.29 is 9.59 Å². The Morgan fingerprint density at radius 2 is 1.36 bits per heavy atom. The van der Waals surface area contributed by atoms with Gasteiger partial charge in [0.25, 0.3) is 5.91 Å². The molecule has 4 rings (SSSR count). The van der Waals surface area contributed by atoms with E-state index in [1.807, 2.05) is 66.7 Å². The SMILES string of the molecule is CC(=O)c1ccc(-c2ccc(C(=O)Nc3cccc4cccnc34)cc2)cc1. The molecule has 0 bridgehead atoms. The summed E-state index contributed by atoms with van der Waals surface area (Å²) >= 11 is 0. The van der Waals surface area contributed by atoms with Crippen molar-refractivity contribution in [2.24, 2.45) is 0 Å². The number of fused-ring (bicyclic) bond motifs is 1. The first kappa shape index (κ1) is 17.6. The third-order valence-electron chi connectivity index (χ3n) is 4.65. The highest BCUT2D eigenvalue weighted by atomic mass is 16.1. The summed E-state index contributed by atoms with van der Waals surface area (Å²) in [5.74, 6) is -0.141. The Hall–Kier alpha value is -3.79. The highest BCUT2D eigenvalue weighted by molar-refractivity contribution is 6.08. The largest absolute Gasteiger partial charge is 0.320 e. The molecule has 1 aromatic heterocycles. The molecule has 0 fully saturated rings. The Morgan fingerprint density at radius 3 is 2.00 bits per heavy atom. The maximum atomic E-state index is 12.6. The van der Waals surface area contributed by atoms with Crippen molar-refractivity contribution in [1.82, 2.24) is 4.98 Å². The number of anilines is 1. The molecule has 136 valence electrons. The quantitative estimate of drug-likeness (QED) is 0.495. The van der Waals surface area contributed by atoms with Crippen LogP contribution in [-0.2, 0) is 0 Å². The first-order valence-corrected chi connectivity index (χ1v) is 8.98. The Morgan fingerprint density at radius 1 is 0.750 bits per heavy atom. The fourth-order valence-corrected chi connectivity index (χ4v) is 3.11. The van der Waals surface area contributed by atoms with Crippen molar-refractivity contribution in [3.63, 3.8) is 0 Å². The number of hydrogen-bond acceptors (Lipinski definition) is 3. The molecule has 0 aliphatic carbocycles. The van der Waals surface area contributed by atoms with Gasteiger partial charge in [-0.2, -0.15) is 0 Å². The van der Waals surface area contributed by atoms with Gasteiger partial charge < -0.3 is 5.32 Å². The van der Waals surface area contributed by atoms with Gasteiger partial charge in [-0.25, -0.2) is 0 Å². The average Bonchev–Trinajstić information content (AvgIpc) is 2.74. The molecular weight excluding hydrogens is 348 g/mol. The Labute approximate surface area is 162 Å². The minimum atomic E-state index is -0.184. The van der Waals surface area contributed by atoms with Crippen LogP contribution < -0.4 is 5.32 Å². The minimum absolute atomic E-state index is 0.0431. The molecule has 0 spiro atoms. The van der Waals surface area contributed by atoms with Crippen LogP contribution in [0.1, 0.15) is 27.6 Å². The number of para-hydroxylation sites is 1. The number of ketones is 1. The Balaban J connectivity index is 1.55. The number of Topliss-reactive ketones (excluding diaryl/α,β-unsaturated/α-hetero) is 1. The van der Waals surface area contributed by atoms with Gasteiger partial charge in [-0.15, -0.1) is 0 Å². The number of amides is 1. The summed E-state index contributed by atoms with van der Waals surface area (Å²) < 4.78 is 0. The van der Waals surface area contributed by atoms with Gasteiger partial charge in [0.1, 0.15) is 0 Å². The highest BCUT2D eigenvalue weighted by Gasteiger charge is 2.09. The molecule has 0 aliphatic heterocycles. The van der Waals surface area contributed by atoms with Crippen molar-refractivity contribution in [2.45, 2.75) is 6.92 Å². The van der Waals surface area contributed by atoms with Crippen molar-refractivity contribution in [3.05, 3.63) is 96.2 Å². The lowest BCUT2D eigenvalue weighted by Gasteiger charge is -2.09. The molecule has 0 saturated heterocycles. The maximum Gasteiger partial charge on any atom is 0.255 e. The van der Waals surface area contributed by atoms with Gasteiger partial charge in [-0.05, 0) is 42.3 Å². The number of nitrogens with one attached hydrogen (secondary N) is 1. The molecule has 4 nitrogen and oxygen atoms in total. The first-order valence-electron chi connectivity index (χ1n) is 8.98. The summed E-state index contributed by atoms with van der Waals surface area (Å²) in [4.78, 5) is 28.4. The lowest BCUT2D eigenvalue weighted by Crippen LogP contribution is -2.12. The zero-order chi connectivity index (χ0) is 19.5. The van der Waals surface area contributed by atoms with Gasteiger partial charge in [0.05, 0.1) is 11.2 Å². The third-order valence-corrected chi connectivity index (χ3v) is 4.65. The van der Waals surface area contributed by atoms with Crippen LogP contribution in [-0.4, -0.2) is 16.7 Å². The Bertz CT molecular complexity index is 1160. The van der Waals surface area contributed by atoms with E-state index in [-0.39, 0.29) is 11.7 Å². The molecule has 1 amide bonds. The molecule has 1 heterocycles. The predicted molar refractivity (Wildman–Crippen MR) is 112 cm³/mol. The van der Waals surface area contributed by atoms with Crippen molar-refractivity contribution >= 4 is 28.3 Å². The van der Waals surface area contributed by atoms with Gasteiger partial charge in [-0.3, -0.25) is 14.6 Å². The van der Waals surface area contributed by atoms with Crippen molar-refractivity contribution in [3.8, 4) is 11.1 Å². The zero-order valence-electron chi connectivity index (χ0n) is 15.3. The number of carbonyl (C=O) groups is 2. The highest BCUT2D eigenvalue weighted by Crippen LogP contribution is 2.23. The number of carbonyl (C=O) groups excluding carboxylic acids is 2. The number of hydrogen-bond donors (Lipinski definition) is 1. The van der Waals surface area contributed by atoms with Crippen LogP contribution in [0.25, 0.3) is 22.0 Å². The molecule has 3 aromatic carbocycles. The monoisotopic (exact) mass is 366 g/mol. The number of rotatable bonds is 4. The van der Waals surface area contributed by atoms with Gasteiger partial charge in [0.15, 0.2) is 5.78 Å². The molecular formula is C24H18N2O2. The second kappa shape index (κ2) is 7.45. The summed E-state index contributed by atoms with van der Waals surface area (Å²) in [6.07, 6.45) is 1.71. The number of aromatic nitrogens is 1. The fraction of sp³-hybridized carbons (Fsp3) is 0.0417. The predicted octanol–water partition coefficient (Wildman–Crippen LogP) is 5.36. The average molecular weight is 366 g/mol. The topological polar surface area (TPSA) is 59.1 Å². The van der Waals surface area contributed by atoms with E-state index < -0.39 is 0 Å². The first-order chi connectivity index (χ1) is 13.6. The molecule has 0 radical (unpaired) electrons. The van der Waals surface area contributed by atoms with Gasteiger partial charge in [-0.1, -0.05) is 54.6 Å². The van der Waals surface area contributed by atoms with Crippen LogP contribution >= 0.6 is 0 Å².